The number of carbonyl (C=O) groups excluding carboxylic acids is 1. The second-order valence-corrected chi connectivity index (χ2v) is 8.45. The minimum Gasteiger partial charge on any atom is -0.493 e. The lowest BCUT2D eigenvalue weighted by Gasteiger charge is -2.18. The van der Waals surface area contributed by atoms with Crippen LogP contribution in [0.2, 0.25) is 0 Å². The Bertz CT molecular complexity index is 979. The third-order valence-corrected chi connectivity index (χ3v) is 6.31. The van der Waals surface area contributed by atoms with Crippen molar-refractivity contribution in [2.75, 3.05) is 27.4 Å². The summed E-state index contributed by atoms with van der Waals surface area (Å²) in [7, 11) is 3.23. The molecule has 0 aliphatic carbocycles. The molecule has 1 amide bonds. The number of benzene rings is 2. The molecule has 0 fully saturated rings. The van der Waals surface area contributed by atoms with Crippen LogP contribution in [0.25, 0.3) is 0 Å². The van der Waals surface area contributed by atoms with Crippen molar-refractivity contribution in [2.45, 2.75) is 23.6 Å². The van der Waals surface area contributed by atoms with E-state index >= 15 is 0 Å². The summed E-state index contributed by atoms with van der Waals surface area (Å²) < 4.78 is 16.2. The van der Waals surface area contributed by atoms with Crippen LogP contribution in [0, 0.1) is 0 Å². The number of ether oxygens (including phenoxy) is 3. The quantitative estimate of drug-likeness (QED) is 0.324. The third kappa shape index (κ3) is 6.46. The van der Waals surface area contributed by atoms with Gasteiger partial charge in [-0.15, -0.1) is 23.1 Å². The SMILES string of the molecule is COCCOc1ccc(C(C)NC(=O)c2ccccc2SCc2cscn2)cc1OC. The molecule has 3 aromatic rings. The van der Waals surface area contributed by atoms with Crippen LogP contribution in [-0.4, -0.2) is 38.3 Å². The van der Waals surface area contributed by atoms with Gasteiger partial charge in [0, 0.05) is 23.1 Å². The zero-order valence-corrected chi connectivity index (χ0v) is 19.4. The molecule has 0 saturated carbocycles. The van der Waals surface area contributed by atoms with E-state index in [0.717, 1.165) is 21.9 Å². The van der Waals surface area contributed by atoms with E-state index in [4.69, 9.17) is 14.2 Å². The molecule has 0 radical (unpaired) electrons. The summed E-state index contributed by atoms with van der Waals surface area (Å²) in [6, 6.07) is 13.1. The second-order valence-electron chi connectivity index (χ2n) is 6.71. The number of thioether (sulfide) groups is 1. The lowest BCUT2D eigenvalue weighted by molar-refractivity contribution is 0.0937. The number of hydrogen-bond donors (Lipinski definition) is 1. The van der Waals surface area contributed by atoms with Crippen molar-refractivity contribution in [1.82, 2.24) is 10.3 Å². The summed E-state index contributed by atoms with van der Waals surface area (Å²) in [4.78, 5) is 18.2. The highest BCUT2D eigenvalue weighted by atomic mass is 32.2. The van der Waals surface area contributed by atoms with E-state index in [0.29, 0.717) is 30.3 Å². The minimum atomic E-state index is -0.203. The van der Waals surface area contributed by atoms with E-state index in [2.05, 4.69) is 10.3 Å². The van der Waals surface area contributed by atoms with E-state index in [9.17, 15) is 4.79 Å². The summed E-state index contributed by atoms with van der Waals surface area (Å²) in [5.41, 5.74) is 4.41. The monoisotopic (exact) mass is 458 g/mol. The number of hydrogen-bond acceptors (Lipinski definition) is 7. The van der Waals surface area contributed by atoms with Crippen molar-refractivity contribution in [3.05, 3.63) is 70.2 Å². The molecule has 0 bridgehead atoms. The molecule has 2 aromatic carbocycles. The second kappa shape index (κ2) is 11.7. The fraction of sp³-hybridized carbons (Fsp3) is 0.304. The van der Waals surface area contributed by atoms with Gasteiger partial charge in [-0.05, 0) is 36.8 Å². The minimum absolute atomic E-state index is 0.117. The zero-order valence-electron chi connectivity index (χ0n) is 17.8. The molecule has 1 heterocycles. The molecule has 1 atom stereocenters. The Morgan fingerprint density at radius 3 is 2.74 bits per heavy atom. The number of amides is 1. The van der Waals surface area contributed by atoms with E-state index in [1.165, 1.54) is 0 Å². The Balaban J connectivity index is 1.67. The smallest absolute Gasteiger partial charge is 0.252 e. The molecule has 0 spiro atoms. The molecule has 31 heavy (non-hydrogen) atoms. The largest absolute Gasteiger partial charge is 0.493 e. The molecule has 3 rings (SSSR count). The molecule has 1 unspecified atom stereocenters. The van der Waals surface area contributed by atoms with E-state index in [1.54, 1.807) is 37.3 Å². The average Bonchev–Trinajstić information content (AvgIpc) is 3.31. The predicted molar refractivity (Wildman–Crippen MR) is 124 cm³/mol. The van der Waals surface area contributed by atoms with Crippen molar-refractivity contribution in [3.63, 3.8) is 0 Å². The Hall–Kier alpha value is -2.55. The topological polar surface area (TPSA) is 69.7 Å². The van der Waals surface area contributed by atoms with Gasteiger partial charge < -0.3 is 19.5 Å². The highest BCUT2D eigenvalue weighted by Crippen LogP contribution is 2.31. The summed E-state index contributed by atoms with van der Waals surface area (Å²) in [5.74, 6) is 1.87. The fourth-order valence-electron chi connectivity index (χ4n) is 2.91. The molecule has 8 heteroatoms. The van der Waals surface area contributed by atoms with Gasteiger partial charge >= 0.3 is 0 Å². The van der Waals surface area contributed by atoms with E-state index < -0.39 is 0 Å². The van der Waals surface area contributed by atoms with Crippen molar-refractivity contribution in [2.24, 2.45) is 0 Å². The molecule has 1 aromatic heterocycles. The lowest BCUT2D eigenvalue weighted by atomic mass is 10.1. The number of thiazole rings is 1. The first-order chi connectivity index (χ1) is 15.1. The summed E-state index contributed by atoms with van der Waals surface area (Å²) in [6.45, 7) is 2.88. The van der Waals surface area contributed by atoms with Crippen LogP contribution in [0.4, 0.5) is 0 Å². The van der Waals surface area contributed by atoms with Gasteiger partial charge in [-0.1, -0.05) is 18.2 Å². The van der Waals surface area contributed by atoms with Crippen LogP contribution in [0.5, 0.6) is 11.5 Å². The van der Waals surface area contributed by atoms with Crippen molar-refractivity contribution in [3.8, 4) is 11.5 Å². The van der Waals surface area contributed by atoms with Crippen LogP contribution in [0.15, 0.2) is 58.3 Å². The molecule has 0 aliphatic heterocycles. The molecule has 1 N–H and O–H groups in total. The van der Waals surface area contributed by atoms with Crippen LogP contribution in [0.1, 0.15) is 34.6 Å². The first kappa shape index (κ1) is 23.1. The number of nitrogens with one attached hydrogen (secondary N) is 1. The van der Waals surface area contributed by atoms with Crippen LogP contribution in [0.3, 0.4) is 0 Å². The first-order valence-corrected chi connectivity index (χ1v) is 11.7. The summed E-state index contributed by atoms with van der Waals surface area (Å²) >= 11 is 3.18. The molecular weight excluding hydrogens is 432 g/mol. The maximum Gasteiger partial charge on any atom is 0.252 e. The zero-order chi connectivity index (χ0) is 22.1. The van der Waals surface area contributed by atoms with Crippen molar-refractivity contribution in [1.29, 1.82) is 0 Å². The highest BCUT2D eigenvalue weighted by molar-refractivity contribution is 7.98. The van der Waals surface area contributed by atoms with Gasteiger partial charge in [0.1, 0.15) is 6.61 Å². The number of rotatable bonds is 11. The Morgan fingerprint density at radius 2 is 2.00 bits per heavy atom. The van der Waals surface area contributed by atoms with Crippen LogP contribution >= 0.6 is 23.1 Å². The Morgan fingerprint density at radius 1 is 1.16 bits per heavy atom. The number of carbonyl (C=O) groups is 1. The Labute approximate surface area is 191 Å². The molecule has 164 valence electrons. The van der Waals surface area contributed by atoms with Gasteiger partial charge in [-0.2, -0.15) is 0 Å². The average molecular weight is 459 g/mol. The maximum absolute atomic E-state index is 13.0. The van der Waals surface area contributed by atoms with Crippen molar-refractivity contribution >= 4 is 29.0 Å². The summed E-state index contributed by atoms with van der Waals surface area (Å²) in [6.07, 6.45) is 0. The molecule has 0 aliphatic rings. The molecule has 0 saturated heterocycles. The predicted octanol–water partition coefficient (Wildman–Crippen LogP) is 4.96. The number of aromatic nitrogens is 1. The highest BCUT2D eigenvalue weighted by Gasteiger charge is 2.17. The van der Waals surface area contributed by atoms with Crippen LogP contribution in [-0.2, 0) is 10.5 Å². The van der Waals surface area contributed by atoms with Gasteiger partial charge in [0.05, 0.1) is 36.5 Å². The van der Waals surface area contributed by atoms with Gasteiger partial charge in [-0.3, -0.25) is 4.79 Å². The normalized spacial score (nSPS) is 11.7. The molecular formula is C23H26N2O4S2. The fourth-order valence-corrected chi connectivity index (χ4v) is 4.52. The lowest BCUT2D eigenvalue weighted by Crippen LogP contribution is -2.27. The van der Waals surface area contributed by atoms with Gasteiger partial charge in [0.2, 0.25) is 0 Å². The molecule has 6 nitrogen and oxygen atoms in total. The van der Waals surface area contributed by atoms with E-state index in [1.807, 2.05) is 60.3 Å². The van der Waals surface area contributed by atoms with Crippen LogP contribution < -0.4 is 14.8 Å². The van der Waals surface area contributed by atoms with Gasteiger partial charge in [-0.25, -0.2) is 4.98 Å². The van der Waals surface area contributed by atoms with Gasteiger partial charge in [0.25, 0.3) is 5.91 Å². The number of methoxy groups -OCH3 is 2. The van der Waals surface area contributed by atoms with Gasteiger partial charge in [0.15, 0.2) is 11.5 Å². The Kier molecular flexibility index (Phi) is 8.75. The summed E-state index contributed by atoms with van der Waals surface area (Å²) in [5, 5.41) is 5.11. The first-order valence-electron chi connectivity index (χ1n) is 9.81. The third-order valence-electron chi connectivity index (χ3n) is 4.57. The maximum atomic E-state index is 13.0. The standard InChI is InChI=1S/C23H26N2O4S2/c1-16(17-8-9-20(21(12-17)28-3)29-11-10-27-2)25-23(26)19-6-4-5-7-22(19)31-14-18-13-30-15-24-18/h4-9,12-13,15-16H,10-11,14H2,1-3H3,(H,25,26). The van der Waals surface area contributed by atoms with Crippen molar-refractivity contribution < 1.29 is 19.0 Å². The van der Waals surface area contributed by atoms with E-state index in [-0.39, 0.29) is 11.9 Å². The number of nitrogens with zero attached hydrogens (tertiary/aromatic N) is 1.